The van der Waals surface area contributed by atoms with Crippen LogP contribution in [-0.4, -0.2) is 43.1 Å². The molecule has 1 aromatic carbocycles. The van der Waals surface area contributed by atoms with Crippen LogP contribution in [0.4, 0.5) is 17.3 Å². The molecule has 0 saturated carbocycles. The van der Waals surface area contributed by atoms with Gasteiger partial charge >= 0.3 is 0 Å². The first kappa shape index (κ1) is 23.6. The van der Waals surface area contributed by atoms with Crippen LogP contribution in [0.15, 0.2) is 36.8 Å². The first-order valence-electron chi connectivity index (χ1n) is 11.6. The van der Waals surface area contributed by atoms with E-state index >= 15 is 0 Å². The summed E-state index contributed by atoms with van der Waals surface area (Å²) in [7, 11) is 0. The van der Waals surface area contributed by atoms with E-state index in [-0.39, 0.29) is 18.5 Å². The van der Waals surface area contributed by atoms with Crippen LogP contribution in [0.3, 0.4) is 0 Å². The molecule has 0 unspecified atom stereocenters. The minimum Gasteiger partial charge on any atom is -0.397 e. The monoisotopic (exact) mass is 500 g/mol. The highest BCUT2D eigenvalue weighted by Crippen LogP contribution is 2.38. The molecule has 4 aromatic rings. The minimum atomic E-state index is 0.0593. The van der Waals surface area contributed by atoms with E-state index in [1.54, 1.807) is 23.3 Å². The van der Waals surface area contributed by atoms with Crippen LogP contribution in [-0.2, 0) is 17.8 Å². The molecule has 1 aliphatic rings. The molecule has 4 heterocycles. The van der Waals surface area contributed by atoms with Crippen molar-refractivity contribution in [1.29, 1.82) is 5.26 Å². The Morgan fingerprint density at radius 3 is 2.72 bits per heavy atom. The quantitative estimate of drug-likeness (QED) is 0.424. The summed E-state index contributed by atoms with van der Waals surface area (Å²) in [6.07, 6.45) is 5.64. The molecule has 0 saturated heterocycles. The Bertz CT molecular complexity index is 1550. The summed E-state index contributed by atoms with van der Waals surface area (Å²) < 4.78 is 1.75. The van der Waals surface area contributed by atoms with E-state index in [1.807, 2.05) is 43.9 Å². The summed E-state index contributed by atoms with van der Waals surface area (Å²) in [5.74, 6) is 1.24. The number of nitriles is 1. The average Bonchev–Trinajstić information content (AvgIpc) is 3.13. The van der Waals surface area contributed by atoms with Crippen LogP contribution in [0.5, 0.6) is 0 Å². The number of nitrogens with zero attached hydrogens (tertiary/aromatic N) is 6. The number of benzene rings is 1. The normalized spacial score (nSPS) is 13.6. The third-order valence-electron chi connectivity index (χ3n) is 6.57. The summed E-state index contributed by atoms with van der Waals surface area (Å²) in [4.78, 5) is 23.2. The van der Waals surface area contributed by atoms with Gasteiger partial charge in [0.2, 0.25) is 5.91 Å². The molecule has 0 spiro atoms. The van der Waals surface area contributed by atoms with E-state index < -0.39 is 0 Å². The number of nitrogen functional groups attached to an aromatic ring is 1. The second kappa shape index (κ2) is 9.13. The Hall–Kier alpha value is -4.16. The summed E-state index contributed by atoms with van der Waals surface area (Å²) >= 11 is 6.65. The van der Waals surface area contributed by atoms with Crippen molar-refractivity contribution in [3.63, 3.8) is 0 Å². The molecule has 5 rings (SSSR count). The number of pyridine rings is 2. The van der Waals surface area contributed by atoms with Gasteiger partial charge in [0.05, 0.1) is 22.5 Å². The summed E-state index contributed by atoms with van der Waals surface area (Å²) in [5, 5.41) is 19.5. The number of nitrogens with one attached hydrogen (secondary N) is 1. The van der Waals surface area contributed by atoms with Crippen LogP contribution < -0.4 is 11.1 Å². The van der Waals surface area contributed by atoms with Crippen molar-refractivity contribution in [2.24, 2.45) is 0 Å². The number of hydrogen-bond acceptors (Lipinski definition) is 7. The van der Waals surface area contributed by atoms with Gasteiger partial charge in [0.25, 0.3) is 0 Å². The molecule has 36 heavy (non-hydrogen) atoms. The third kappa shape index (κ3) is 4.10. The van der Waals surface area contributed by atoms with E-state index in [9.17, 15) is 10.1 Å². The fraction of sp³-hybridized carbons (Fsp3) is 0.269. The molecule has 0 atom stereocenters. The number of rotatable bonds is 4. The van der Waals surface area contributed by atoms with Gasteiger partial charge < -0.3 is 16.0 Å². The molecule has 1 aliphatic heterocycles. The van der Waals surface area contributed by atoms with Gasteiger partial charge in [-0.1, -0.05) is 11.6 Å². The maximum Gasteiger partial charge on any atom is 0.244 e. The van der Waals surface area contributed by atoms with Crippen molar-refractivity contribution in [3.05, 3.63) is 58.6 Å². The number of amides is 1. The number of carbonyl (C=O) groups excluding carboxylic acids is 1. The number of carbonyl (C=O) groups is 1. The van der Waals surface area contributed by atoms with Gasteiger partial charge in [-0.05, 0) is 43.9 Å². The van der Waals surface area contributed by atoms with E-state index in [1.165, 1.54) is 0 Å². The predicted molar refractivity (Wildman–Crippen MR) is 140 cm³/mol. The Morgan fingerprint density at radius 2 is 1.97 bits per heavy atom. The SMILES string of the molecule is Cc1c(N)cncc1-c1cc2cc(Nc3cc4n(n3)CC(=O)N(C(C)C)CC4)ncc2c(Cl)c1C#N. The Kier molecular flexibility index (Phi) is 5.98. The maximum atomic E-state index is 12.6. The van der Waals surface area contributed by atoms with Crippen molar-refractivity contribution in [3.8, 4) is 17.2 Å². The second-order valence-corrected chi connectivity index (χ2v) is 9.53. The lowest BCUT2D eigenvalue weighted by Crippen LogP contribution is -2.38. The largest absolute Gasteiger partial charge is 0.397 e. The smallest absolute Gasteiger partial charge is 0.244 e. The number of nitrogens with two attached hydrogens (primary N) is 1. The molecule has 0 aliphatic carbocycles. The topological polar surface area (TPSA) is 126 Å². The summed E-state index contributed by atoms with van der Waals surface area (Å²) in [6.45, 7) is 6.80. The van der Waals surface area contributed by atoms with E-state index in [4.69, 9.17) is 17.3 Å². The van der Waals surface area contributed by atoms with Crippen LogP contribution in [0.2, 0.25) is 5.02 Å². The average molecular weight is 501 g/mol. The highest BCUT2D eigenvalue weighted by Gasteiger charge is 2.24. The van der Waals surface area contributed by atoms with Gasteiger partial charge in [0.15, 0.2) is 5.82 Å². The van der Waals surface area contributed by atoms with Crippen LogP contribution in [0.1, 0.15) is 30.7 Å². The lowest BCUT2D eigenvalue weighted by molar-refractivity contribution is -0.133. The first-order chi connectivity index (χ1) is 17.3. The standard InChI is InChI=1S/C26H25ClN8O/c1-14(2)34-5-4-17-8-24(33-35(17)13-25(34)36)32-23-7-16-6-18(20-10-30-12-22(29)15(20)3)19(9-28)26(27)21(16)11-31-23/h6-8,10-12,14H,4-5,13,29H2,1-3H3,(H,31,32,33). The minimum absolute atomic E-state index is 0.0593. The predicted octanol–water partition coefficient (Wildman–Crippen LogP) is 4.45. The summed E-state index contributed by atoms with van der Waals surface area (Å²) in [5.41, 5.74) is 10.2. The molecule has 9 nitrogen and oxygen atoms in total. The fourth-order valence-electron chi connectivity index (χ4n) is 4.57. The highest BCUT2D eigenvalue weighted by molar-refractivity contribution is 6.37. The van der Waals surface area contributed by atoms with Crippen LogP contribution in [0.25, 0.3) is 21.9 Å². The van der Waals surface area contributed by atoms with E-state index in [0.29, 0.717) is 45.4 Å². The van der Waals surface area contributed by atoms with E-state index in [0.717, 1.165) is 28.6 Å². The lowest BCUT2D eigenvalue weighted by Gasteiger charge is -2.24. The van der Waals surface area contributed by atoms with Gasteiger partial charge in [-0.3, -0.25) is 14.5 Å². The lowest BCUT2D eigenvalue weighted by atomic mass is 9.94. The zero-order chi connectivity index (χ0) is 25.6. The van der Waals surface area contributed by atoms with Crippen molar-refractivity contribution < 1.29 is 4.79 Å². The molecular weight excluding hydrogens is 476 g/mol. The molecule has 0 bridgehead atoms. The van der Waals surface area contributed by atoms with Crippen molar-refractivity contribution >= 4 is 45.6 Å². The second-order valence-electron chi connectivity index (χ2n) is 9.15. The van der Waals surface area contributed by atoms with Gasteiger partial charge in [-0.15, -0.1) is 0 Å². The molecule has 1 amide bonds. The van der Waals surface area contributed by atoms with Gasteiger partial charge in [-0.2, -0.15) is 10.4 Å². The molecular formula is C26H25ClN8O. The number of halogens is 1. The Labute approximate surface area is 213 Å². The number of aromatic nitrogens is 4. The Morgan fingerprint density at radius 1 is 1.17 bits per heavy atom. The van der Waals surface area contributed by atoms with Crippen LogP contribution >= 0.6 is 11.6 Å². The molecule has 0 fully saturated rings. The number of fused-ring (bicyclic) bond motifs is 2. The van der Waals surface area contributed by atoms with E-state index in [2.05, 4.69) is 26.5 Å². The zero-order valence-electron chi connectivity index (χ0n) is 20.2. The zero-order valence-corrected chi connectivity index (χ0v) is 21.0. The van der Waals surface area contributed by atoms with Gasteiger partial charge in [0, 0.05) is 59.7 Å². The Balaban J connectivity index is 1.50. The van der Waals surface area contributed by atoms with Crippen molar-refractivity contribution in [1.82, 2.24) is 24.6 Å². The van der Waals surface area contributed by atoms with Crippen LogP contribution in [0, 0.1) is 18.3 Å². The fourth-order valence-corrected chi connectivity index (χ4v) is 4.87. The van der Waals surface area contributed by atoms with Crippen molar-refractivity contribution in [2.75, 3.05) is 17.6 Å². The summed E-state index contributed by atoms with van der Waals surface area (Å²) in [6, 6.07) is 8.08. The first-order valence-corrected chi connectivity index (χ1v) is 12.0. The molecule has 3 aromatic heterocycles. The van der Waals surface area contributed by atoms with Crippen molar-refractivity contribution in [2.45, 2.75) is 39.8 Å². The molecule has 0 radical (unpaired) electrons. The highest BCUT2D eigenvalue weighted by atomic mass is 35.5. The maximum absolute atomic E-state index is 12.6. The molecule has 10 heteroatoms. The third-order valence-corrected chi connectivity index (χ3v) is 6.97. The molecule has 3 N–H and O–H groups in total. The number of anilines is 3. The molecule has 182 valence electrons. The van der Waals surface area contributed by atoms with Gasteiger partial charge in [-0.25, -0.2) is 4.98 Å². The van der Waals surface area contributed by atoms with Gasteiger partial charge in [0.1, 0.15) is 18.4 Å². The number of hydrogen-bond donors (Lipinski definition) is 2.